The van der Waals surface area contributed by atoms with E-state index in [9.17, 15) is 19.7 Å². The molecule has 2 N–H and O–H groups in total. The first-order chi connectivity index (χ1) is 11.4. The van der Waals surface area contributed by atoms with Gasteiger partial charge in [-0.3, -0.25) is 24.4 Å². The van der Waals surface area contributed by atoms with E-state index in [1.165, 1.54) is 30.1 Å². The van der Waals surface area contributed by atoms with E-state index in [0.29, 0.717) is 6.54 Å². The van der Waals surface area contributed by atoms with Crippen LogP contribution in [0.5, 0.6) is 0 Å². The van der Waals surface area contributed by atoms with Gasteiger partial charge in [-0.15, -0.1) is 0 Å². The van der Waals surface area contributed by atoms with E-state index >= 15 is 0 Å². The minimum Gasteiger partial charge on any atom is -0.354 e. The van der Waals surface area contributed by atoms with E-state index in [2.05, 4.69) is 15.7 Å². The van der Waals surface area contributed by atoms with E-state index in [4.69, 9.17) is 11.6 Å². The van der Waals surface area contributed by atoms with Crippen molar-refractivity contribution in [2.45, 2.75) is 13.5 Å². The van der Waals surface area contributed by atoms with Crippen molar-refractivity contribution in [2.24, 2.45) is 0 Å². The summed E-state index contributed by atoms with van der Waals surface area (Å²) in [6, 6.07) is 3.69. The van der Waals surface area contributed by atoms with Crippen molar-refractivity contribution in [1.29, 1.82) is 0 Å². The zero-order valence-electron chi connectivity index (χ0n) is 12.9. The Morgan fingerprint density at radius 2 is 2.08 bits per heavy atom. The monoisotopic (exact) mass is 351 g/mol. The minimum atomic E-state index is -0.676. The van der Waals surface area contributed by atoms with Crippen LogP contribution in [-0.2, 0) is 6.54 Å². The third-order valence-corrected chi connectivity index (χ3v) is 3.50. The third kappa shape index (κ3) is 3.51. The molecule has 0 bridgehead atoms. The molecule has 0 radical (unpaired) electrons. The van der Waals surface area contributed by atoms with Gasteiger partial charge in [-0.05, 0) is 19.1 Å². The molecule has 126 valence electrons. The van der Waals surface area contributed by atoms with Crippen LogP contribution >= 0.6 is 11.6 Å². The largest absolute Gasteiger partial charge is 0.354 e. The standard InChI is InChI=1S/C14H14ClN5O4/c1-3-19-7-10(12(18-19)14(22)16-2)17-13(21)8-4-5-9(15)11(6-8)20(23)24/h4-7H,3H2,1-2H3,(H,16,22)(H,17,21). The van der Waals surface area contributed by atoms with Gasteiger partial charge >= 0.3 is 0 Å². The first-order valence-corrected chi connectivity index (χ1v) is 7.30. The summed E-state index contributed by atoms with van der Waals surface area (Å²) in [6.45, 7) is 2.33. The highest BCUT2D eigenvalue weighted by Gasteiger charge is 2.20. The van der Waals surface area contributed by atoms with Crippen LogP contribution in [0, 0.1) is 10.1 Å². The van der Waals surface area contributed by atoms with Crippen molar-refractivity contribution in [1.82, 2.24) is 15.1 Å². The lowest BCUT2D eigenvalue weighted by molar-refractivity contribution is -0.384. The quantitative estimate of drug-likeness (QED) is 0.631. The van der Waals surface area contributed by atoms with Crippen LogP contribution in [-0.4, -0.2) is 33.6 Å². The molecule has 1 aromatic heterocycles. The van der Waals surface area contributed by atoms with Gasteiger partial charge in [0.25, 0.3) is 17.5 Å². The number of amides is 2. The fraction of sp³-hybridized carbons (Fsp3) is 0.214. The number of aromatic nitrogens is 2. The molecule has 0 saturated carbocycles. The average Bonchev–Trinajstić information content (AvgIpc) is 2.97. The molecule has 0 fully saturated rings. The summed E-state index contributed by atoms with van der Waals surface area (Å²) in [6.07, 6.45) is 1.51. The zero-order chi connectivity index (χ0) is 17.9. The molecule has 0 aliphatic carbocycles. The number of carbonyl (C=O) groups is 2. The highest BCUT2D eigenvalue weighted by Crippen LogP contribution is 2.25. The number of nitrogens with one attached hydrogen (secondary N) is 2. The van der Waals surface area contributed by atoms with Gasteiger partial charge in [-0.1, -0.05) is 11.6 Å². The molecule has 10 heteroatoms. The van der Waals surface area contributed by atoms with Crippen LogP contribution in [0.15, 0.2) is 24.4 Å². The predicted molar refractivity (Wildman–Crippen MR) is 87.4 cm³/mol. The number of rotatable bonds is 5. The van der Waals surface area contributed by atoms with Crippen molar-refractivity contribution in [2.75, 3.05) is 12.4 Å². The molecular weight excluding hydrogens is 338 g/mol. The maximum absolute atomic E-state index is 12.3. The van der Waals surface area contributed by atoms with Crippen LogP contribution < -0.4 is 10.6 Å². The van der Waals surface area contributed by atoms with Crippen LogP contribution in [0.3, 0.4) is 0 Å². The number of nitro groups is 1. The topological polar surface area (TPSA) is 119 Å². The molecule has 0 aliphatic rings. The summed E-state index contributed by atoms with van der Waals surface area (Å²) in [5.74, 6) is -1.07. The number of nitrogens with zero attached hydrogens (tertiary/aromatic N) is 3. The lowest BCUT2D eigenvalue weighted by atomic mass is 10.2. The molecule has 2 amide bonds. The number of halogens is 1. The number of hydrogen-bond donors (Lipinski definition) is 2. The highest BCUT2D eigenvalue weighted by atomic mass is 35.5. The molecule has 0 aliphatic heterocycles. The van der Waals surface area contributed by atoms with Crippen molar-refractivity contribution >= 4 is 34.8 Å². The number of carbonyl (C=O) groups excluding carboxylic acids is 2. The molecule has 0 unspecified atom stereocenters. The first-order valence-electron chi connectivity index (χ1n) is 6.92. The Kier molecular flexibility index (Phi) is 5.14. The number of benzene rings is 1. The Balaban J connectivity index is 2.33. The smallest absolute Gasteiger partial charge is 0.288 e. The number of aryl methyl sites for hydroxylation is 1. The van der Waals surface area contributed by atoms with Crippen molar-refractivity contribution in [3.63, 3.8) is 0 Å². The van der Waals surface area contributed by atoms with Crippen molar-refractivity contribution in [3.05, 3.63) is 50.8 Å². The Hall–Kier alpha value is -2.94. The van der Waals surface area contributed by atoms with Crippen molar-refractivity contribution < 1.29 is 14.5 Å². The summed E-state index contributed by atoms with van der Waals surface area (Å²) in [5, 5.41) is 19.9. The van der Waals surface area contributed by atoms with E-state index < -0.39 is 16.7 Å². The number of nitro benzene ring substituents is 1. The Morgan fingerprint density at radius 3 is 2.67 bits per heavy atom. The Bertz CT molecular complexity index is 817. The van der Waals surface area contributed by atoms with Gasteiger partial charge in [0.1, 0.15) is 5.02 Å². The summed E-state index contributed by atoms with van der Waals surface area (Å²) in [7, 11) is 1.45. The maximum atomic E-state index is 12.3. The normalized spacial score (nSPS) is 10.3. The minimum absolute atomic E-state index is 0.0400. The van der Waals surface area contributed by atoms with Crippen LogP contribution in [0.1, 0.15) is 27.8 Å². The van der Waals surface area contributed by atoms with Gasteiger partial charge in [0, 0.05) is 31.4 Å². The van der Waals surface area contributed by atoms with Crippen molar-refractivity contribution in [3.8, 4) is 0 Å². The maximum Gasteiger partial charge on any atom is 0.288 e. The molecular formula is C14H14ClN5O4. The Labute approximate surface area is 141 Å². The molecule has 2 rings (SSSR count). The number of hydrogen-bond acceptors (Lipinski definition) is 5. The molecule has 9 nitrogen and oxygen atoms in total. The lowest BCUT2D eigenvalue weighted by Gasteiger charge is -2.05. The molecule has 0 spiro atoms. The van der Waals surface area contributed by atoms with Gasteiger partial charge in [0.2, 0.25) is 0 Å². The molecule has 1 heterocycles. The van der Waals surface area contributed by atoms with Gasteiger partial charge in [0.15, 0.2) is 5.69 Å². The molecule has 1 aromatic carbocycles. The summed E-state index contributed by atoms with van der Waals surface area (Å²) in [5.41, 5.74) is -0.0757. The van der Waals surface area contributed by atoms with Gasteiger partial charge < -0.3 is 10.6 Å². The third-order valence-electron chi connectivity index (χ3n) is 3.18. The van der Waals surface area contributed by atoms with Crippen LogP contribution in [0.25, 0.3) is 0 Å². The van der Waals surface area contributed by atoms with E-state index in [-0.39, 0.29) is 27.7 Å². The fourth-order valence-electron chi connectivity index (χ4n) is 1.95. The highest BCUT2D eigenvalue weighted by molar-refractivity contribution is 6.32. The molecule has 0 saturated heterocycles. The zero-order valence-corrected chi connectivity index (χ0v) is 13.6. The SMILES string of the molecule is CCn1cc(NC(=O)c2ccc(Cl)c([N+](=O)[O-])c2)c(C(=O)NC)n1. The van der Waals surface area contributed by atoms with E-state index in [1.807, 2.05) is 6.92 Å². The van der Waals surface area contributed by atoms with Gasteiger partial charge in [-0.25, -0.2) is 0 Å². The Morgan fingerprint density at radius 1 is 1.38 bits per heavy atom. The molecule has 0 atom stereocenters. The van der Waals surface area contributed by atoms with Gasteiger partial charge in [-0.2, -0.15) is 5.10 Å². The van der Waals surface area contributed by atoms with E-state index in [1.54, 1.807) is 0 Å². The molecule has 24 heavy (non-hydrogen) atoms. The molecule has 2 aromatic rings. The summed E-state index contributed by atoms with van der Waals surface area (Å²) in [4.78, 5) is 34.4. The first kappa shape index (κ1) is 17.4. The summed E-state index contributed by atoms with van der Waals surface area (Å²) >= 11 is 5.72. The fourth-order valence-corrected chi connectivity index (χ4v) is 2.14. The predicted octanol–water partition coefficient (Wildman–Crippen LogP) is 2.08. The van der Waals surface area contributed by atoms with Gasteiger partial charge in [0.05, 0.1) is 10.6 Å². The lowest BCUT2D eigenvalue weighted by Crippen LogP contribution is -2.21. The number of anilines is 1. The second-order valence-electron chi connectivity index (χ2n) is 4.70. The second kappa shape index (κ2) is 7.09. The summed E-state index contributed by atoms with van der Waals surface area (Å²) < 4.78 is 1.49. The van der Waals surface area contributed by atoms with E-state index in [0.717, 1.165) is 6.07 Å². The van der Waals surface area contributed by atoms with Crippen LogP contribution in [0.4, 0.5) is 11.4 Å². The van der Waals surface area contributed by atoms with Crippen LogP contribution in [0.2, 0.25) is 5.02 Å². The second-order valence-corrected chi connectivity index (χ2v) is 5.11. The average molecular weight is 352 g/mol.